The van der Waals surface area contributed by atoms with Crippen LogP contribution in [-0.4, -0.2) is 5.11 Å². The smallest absolute Gasteiger partial charge is 0.0801 e. The Bertz CT molecular complexity index is 62.2. The predicted molar refractivity (Wildman–Crippen MR) is 37.4 cm³/mol. The molecule has 1 aliphatic carbocycles. The van der Waals surface area contributed by atoms with Gasteiger partial charge in [0.25, 0.3) is 0 Å². The highest BCUT2D eigenvalue weighted by Gasteiger charge is 2.11. The number of hydrogen-bond acceptors (Lipinski definition) is 1. The first-order chi connectivity index (χ1) is 4.43. The van der Waals surface area contributed by atoms with E-state index in [9.17, 15) is 0 Å². The van der Waals surface area contributed by atoms with Crippen molar-refractivity contribution in [2.75, 3.05) is 0 Å². The van der Waals surface area contributed by atoms with Crippen LogP contribution in [0.4, 0.5) is 0 Å². The Labute approximate surface area is 57.1 Å². The van der Waals surface area contributed by atoms with Crippen molar-refractivity contribution in [3.63, 3.8) is 0 Å². The Hall–Kier alpha value is -0.0400. The Kier molecular flexibility index (Phi) is 3.05. The van der Waals surface area contributed by atoms with E-state index < -0.39 is 0 Å². The SMILES string of the molecule is O[CH]CC1CCCCC1. The molecule has 1 N–H and O–H groups in total. The molecule has 1 nitrogen and oxygen atoms in total. The fraction of sp³-hybridized carbons (Fsp3) is 0.875. The summed E-state index contributed by atoms with van der Waals surface area (Å²) >= 11 is 0. The van der Waals surface area contributed by atoms with Crippen LogP contribution < -0.4 is 0 Å². The van der Waals surface area contributed by atoms with Crippen molar-refractivity contribution in [1.29, 1.82) is 0 Å². The summed E-state index contributed by atoms with van der Waals surface area (Å²) in [5.74, 6) is 0.795. The summed E-state index contributed by atoms with van der Waals surface area (Å²) in [5.41, 5.74) is 0. The predicted octanol–water partition coefficient (Wildman–Crippen LogP) is 2.49. The minimum atomic E-state index is 0.795. The van der Waals surface area contributed by atoms with E-state index in [0.717, 1.165) is 12.3 Å². The van der Waals surface area contributed by atoms with Gasteiger partial charge in [0, 0.05) is 0 Å². The van der Waals surface area contributed by atoms with Crippen molar-refractivity contribution in [3.05, 3.63) is 6.61 Å². The van der Waals surface area contributed by atoms with Crippen molar-refractivity contribution in [1.82, 2.24) is 0 Å². The van der Waals surface area contributed by atoms with E-state index in [2.05, 4.69) is 0 Å². The molecule has 0 unspecified atom stereocenters. The molecule has 9 heavy (non-hydrogen) atoms. The molecule has 0 spiro atoms. The molecule has 0 saturated heterocycles. The zero-order valence-corrected chi connectivity index (χ0v) is 5.84. The molecule has 1 aliphatic rings. The van der Waals surface area contributed by atoms with Crippen molar-refractivity contribution < 1.29 is 5.11 Å². The molecule has 0 aliphatic heterocycles. The third-order valence-electron chi connectivity index (χ3n) is 2.16. The van der Waals surface area contributed by atoms with Gasteiger partial charge in [0.2, 0.25) is 0 Å². The van der Waals surface area contributed by atoms with Crippen molar-refractivity contribution in [2.24, 2.45) is 5.92 Å². The normalized spacial score (nSPS) is 22.3. The second-order valence-corrected chi connectivity index (χ2v) is 2.92. The Morgan fingerprint density at radius 1 is 1.22 bits per heavy atom. The fourth-order valence-electron chi connectivity index (χ4n) is 1.57. The molecule has 53 valence electrons. The second-order valence-electron chi connectivity index (χ2n) is 2.92. The average Bonchev–Trinajstić information content (AvgIpc) is 1.91. The van der Waals surface area contributed by atoms with Crippen LogP contribution in [0.25, 0.3) is 0 Å². The standard InChI is InChI=1S/C8H15O/c9-7-6-8-4-2-1-3-5-8/h7-9H,1-6H2. The van der Waals surface area contributed by atoms with Gasteiger partial charge >= 0.3 is 0 Å². The first-order valence-electron chi connectivity index (χ1n) is 3.89. The van der Waals surface area contributed by atoms with E-state index in [1.807, 2.05) is 0 Å². The monoisotopic (exact) mass is 127 g/mol. The maximum atomic E-state index is 8.49. The van der Waals surface area contributed by atoms with Gasteiger partial charge in [-0.1, -0.05) is 32.1 Å². The third-order valence-corrected chi connectivity index (χ3v) is 2.16. The van der Waals surface area contributed by atoms with Gasteiger partial charge in [-0.3, -0.25) is 0 Å². The molecule has 0 aromatic rings. The topological polar surface area (TPSA) is 20.2 Å². The molecule has 0 bridgehead atoms. The first-order valence-corrected chi connectivity index (χ1v) is 3.89. The molecule has 0 aromatic heterocycles. The van der Waals surface area contributed by atoms with Gasteiger partial charge in [-0.2, -0.15) is 0 Å². The van der Waals surface area contributed by atoms with E-state index in [1.54, 1.807) is 0 Å². The van der Waals surface area contributed by atoms with Crippen molar-refractivity contribution >= 4 is 0 Å². The lowest BCUT2D eigenvalue weighted by atomic mass is 9.87. The number of hydrogen-bond donors (Lipinski definition) is 1. The Balaban J connectivity index is 2.08. The van der Waals surface area contributed by atoms with Crippen LogP contribution in [0.15, 0.2) is 0 Å². The van der Waals surface area contributed by atoms with E-state index in [4.69, 9.17) is 5.11 Å². The third kappa shape index (κ3) is 2.35. The highest BCUT2D eigenvalue weighted by Crippen LogP contribution is 2.26. The van der Waals surface area contributed by atoms with Gasteiger partial charge in [-0.25, -0.2) is 0 Å². The van der Waals surface area contributed by atoms with Gasteiger partial charge < -0.3 is 5.11 Å². The summed E-state index contributed by atoms with van der Waals surface area (Å²) in [6.45, 7) is 1.32. The van der Waals surface area contributed by atoms with Crippen molar-refractivity contribution in [2.45, 2.75) is 38.5 Å². The van der Waals surface area contributed by atoms with E-state index in [-0.39, 0.29) is 0 Å². The maximum Gasteiger partial charge on any atom is 0.0801 e. The zero-order chi connectivity index (χ0) is 6.53. The molecule has 1 heteroatoms. The molecule has 1 rings (SSSR count). The lowest BCUT2D eigenvalue weighted by molar-refractivity contribution is 0.288. The van der Waals surface area contributed by atoms with E-state index in [1.165, 1.54) is 38.7 Å². The highest BCUT2D eigenvalue weighted by molar-refractivity contribution is 4.67. The van der Waals surface area contributed by atoms with Crippen LogP contribution >= 0.6 is 0 Å². The summed E-state index contributed by atoms with van der Waals surface area (Å²) in [5, 5.41) is 8.49. The van der Waals surface area contributed by atoms with Gasteiger partial charge in [-0.05, 0) is 12.3 Å². The number of aliphatic hydroxyl groups is 1. The summed E-state index contributed by atoms with van der Waals surface area (Å²) in [6, 6.07) is 0. The summed E-state index contributed by atoms with van der Waals surface area (Å²) in [6.07, 6.45) is 7.73. The van der Waals surface area contributed by atoms with Gasteiger partial charge in [-0.15, -0.1) is 0 Å². The quantitative estimate of drug-likeness (QED) is 0.604. The number of aliphatic hydroxyl groups excluding tert-OH is 1. The van der Waals surface area contributed by atoms with Crippen LogP contribution in [0.2, 0.25) is 0 Å². The van der Waals surface area contributed by atoms with Crippen molar-refractivity contribution in [3.8, 4) is 0 Å². The number of rotatable bonds is 2. The first kappa shape index (κ1) is 7.07. The summed E-state index contributed by atoms with van der Waals surface area (Å²) in [4.78, 5) is 0. The van der Waals surface area contributed by atoms with Gasteiger partial charge in [0.15, 0.2) is 0 Å². The van der Waals surface area contributed by atoms with Gasteiger partial charge in [0.05, 0.1) is 6.61 Å². The molecule has 0 heterocycles. The van der Waals surface area contributed by atoms with Crippen LogP contribution in [0.3, 0.4) is 0 Å². The lowest BCUT2D eigenvalue weighted by Crippen LogP contribution is -2.05. The molecule has 0 aromatic carbocycles. The van der Waals surface area contributed by atoms with E-state index in [0.29, 0.717) is 0 Å². The molecule has 1 fully saturated rings. The molecule has 1 radical (unpaired) electrons. The minimum absolute atomic E-state index is 0.795. The molecule has 0 amide bonds. The van der Waals surface area contributed by atoms with Crippen LogP contribution in [0.5, 0.6) is 0 Å². The molecule has 1 saturated carbocycles. The van der Waals surface area contributed by atoms with Crippen LogP contribution in [0.1, 0.15) is 38.5 Å². The lowest BCUT2D eigenvalue weighted by Gasteiger charge is -2.19. The van der Waals surface area contributed by atoms with Gasteiger partial charge in [0.1, 0.15) is 0 Å². The van der Waals surface area contributed by atoms with Crippen LogP contribution in [0, 0.1) is 12.5 Å². The summed E-state index contributed by atoms with van der Waals surface area (Å²) in [7, 11) is 0. The minimum Gasteiger partial charge on any atom is -0.390 e. The average molecular weight is 127 g/mol. The Morgan fingerprint density at radius 3 is 2.44 bits per heavy atom. The fourth-order valence-corrected chi connectivity index (χ4v) is 1.57. The molecular formula is C8H15O. The Morgan fingerprint density at radius 2 is 1.89 bits per heavy atom. The van der Waals surface area contributed by atoms with E-state index >= 15 is 0 Å². The second kappa shape index (κ2) is 3.89. The largest absolute Gasteiger partial charge is 0.390 e. The summed E-state index contributed by atoms with van der Waals surface area (Å²) < 4.78 is 0. The molecular weight excluding hydrogens is 112 g/mol. The zero-order valence-electron chi connectivity index (χ0n) is 5.84. The maximum absolute atomic E-state index is 8.49. The van der Waals surface area contributed by atoms with Crippen LogP contribution in [-0.2, 0) is 0 Å². The molecule has 0 atom stereocenters. The highest BCUT2D eigenvalue weighted by atomic mass is 16.3.